The van der Waals surface area contributed by atoms with Crippen molar-refractivity contribution in [2.75, 3.05) is 6.61 Å². The van der Waals surface area contributed by atoms with Crippen molar-refractivity contribution in [2.45, 2.75) is 57.2 Å². The van der Waals surface area contributed by atoms with E-state index in [1.807, 2.05) is 0 Å². The lowest BCUT2D eigenvalue weighted by Gasteiger charge is -2.38. The molecule has 0 aromatic heterocycles. The largest absolute Gasteiger partial charge is 0.377 e. The molecule has 18 heavy (non-hydrogen) atoms. The molecule has 1 aliphatic heterocycles. The highest BCUT2D eigenvalue weighted by Gasteiger charge is 2.34. The van der Waals surface area contributed by atoms with Gasteiger partial charge in [-0.2, -0.15) is 0 Å². The Hall–Kier alpha value is -0.860. The second-order valence-electron chi connectivity index (χ2n) is 5.91. The maximum absolute atomic E-state index is 5.60. The predicted octanol–water partition coefficient (Wildman–Crippen LogP) is 3.01. The molecule has 1 aliphatic carbocycles. The molecule has 1 N–H and O–H groups in total. The fourth-order valence-corrected chi connectivity index (χ4v) is 3.12. The second-order valence-corrected chi connectivity index (χ2v) is 5.91. The maximum atomic E-state index is 5.60. The molecule has 2 aliphatic rings. The zero-order chi connectivity index (χ0) is 12.5. The van der Waals surface area contributed by atoms with Crippen molar-refractivity contribution >= 4 is 0 Å². The molecule has 2 fully saturated rings. The summed E-state index contributed by atoms with van der Waals surface area (Å²) in [5.41, 5.74) is 2.86. The van der Waals surface area contributed by atoms with Crippen LogP contribution in [0.3, 0.4) is 0 Å². The Kier molecular flexibility index (Phi) is 3.40. The summed E-state index contributed by atoms with van der Waals surface area (Å²) < 4.78 is 5.60. The van der Waals surface area contributed by atoms with E-state index in [-0.39, 0.29) is 0 Å². The van der Waals surface area contributed by atoms with Crippen LogP contribution >= 0.6 is 0 Å². The van der Waals surface area contributed by atoms with Crippen molar-refractivity contribution in [3.63, 3.8) is 0 Å². The van der Waals surface area contributed by atoms with E-state index in [0.717, 1.165) is 12.5 Å². The Balaban J connectivity index is 1.49. The predicted molar refractivity (Wildman–Crippen MR) is 73.9 cm³/mol. The molecule has 98 valence electrons. The van der Waals surface area contributed by atoms with Crippen molar-refractivity contribution in [1.29, 1.82) is 0 Å². The van der Waals surface area contributed by atoms with Crippen molar-refractivity contribution < 1.29 is 4.74 Å². The van der Waals surface area contributed by atoms with Gasteiger partial charge in [0.15, 0.2) is 0 Å². The Labute approximate surface area is 110 Å². The van der Waals surface area contributed by atoms with Crippen molar-refractivity contribution in [1.82, 2.24) is 5.32 Å². The number of hydrogen-bond acceptors (Lipinski definition) is 2. The lowest BCUT2D eigenvalue weighted by atomic mass is 9.75. The summed E-state index contributed by atoms with van der Waals surface area (Å²) in [7, 11) is 0. The van der Waals surface area contributed by atoms with E-state index in [9.17, 15) is 0 Å². The van der Waals surface area contributed by atoms with Gasteiger partial charge in [0.25, 0.3) is 0 Å². The van der Waals surface area contributed by atoms with Crippen LogP contribution in [0.1, 0.15) is 43.2 Å². The number of aryl methyl sites for hydroxylation is 1. The Bertz CT molecular complexity index is 394. The fraction of sp³-hybridized carbons (Fsp3) is 0.625. The molecule has 0 bridgehead atoms. The van der Waals surface area contributed by atoms with Gasteiger partial charge in [-0.3, -0.25) is 0 Å². The third-order valence-corrected chi connectivity index (χ3v) is 4.51. The van der Waals surface area contributed by atoms with Gasteiger partial charge in [0, 0.05) is 18.7 Å². The van der Waals surface area contributed by atoms with Crippen LogP contribution in [0.15, 0.2) is 24.3 Å². The summed E-state index contributed by atoms with van der Waals surface area (Å²) >= 11 is 0. The normalized spacial score (nSPS) is 35.4. The first-order valence-electron chi connectivity index (χ1n) is 7.16. The molecular weight excluding hydrogens is 222 g/mol. The third-order valence-electron chi connectivity index (χ3n) is 4.51. The van der Waals surface area contributed by atoms with Crippen LogP contribution in [0.5, 0.6) is 0 Å². The topological polar surface area (TPSA) is 21.3 Å². The molecule has 2 unspecified atom stereocenters. The van der Waals surface area contributed by atoms with Crippen molar-refractivity contribution in [3.05, 3.63) is 35.4 Å². The van der Waals surface area contributed by atoms with E-state index < -0.39 is 0 Å². The average molecular weight is 245 g/mol. The van der Waals surface area contributed by atoms with E-state index in [1.165, 1.54) is 30.4 Å². The minimum Gasteiger partial charge on any atom is -0.377 e. The number of nitrogens with one attached hydrogen (secondary N) is 1. The smallest absolute Gasteiger partial charge is 0.0700 e. The van der Waals surface area contributed by atoms with Crippen molar-refractivity contribution in [3.8, 4) is 0 Å². The van der Waals surface area contributed by atoms with Gasteiger partial charge in [-0.05, 0) is 44.6 Å². The molecule has 1 aromatic carbocycles. The Morgan fingerprint density at radius 2 is 1.89 bits per heavy atom. The molecule has 3 rings (SSSR count). The summed E-state index contributed by atoms with van der Waals surface area (Å²) in [5, 5.41) is 3.75. The van der Waals surface area contributed by atoms with E-state index in [4.69, 9.17) is 4.74 Å². The minimum absolute atomic E-state index is 0.392. The molecule has 1 heterocycles. The molecule has 1 saturated carbocycles. The average Bonchev–Trinajstić information content (AvgIpc) is 2.71. The Morgan fingerprint density at radius 1 is 1.17 bits per heavy atom. The quantitative estimate of drug-likeness (QED) is 0.884. The van der Waals surface area contributed by atoms with Gasteiger partial charge >= 0.3 is 0 Å². The highest BCUT2D eigenvalue weighted by atomic mass is 16.5. The maximum Gasteiger partial charge on any atom is 0.0700 e. The van der Waals surface area contributed by atoms with E-state index >= 15 is 0 Å². The summed E-state index contributed by atoms with van der Waals surface area (Å²) in [5.74, 6) is 0.765. The lowest BCUT2D eigenvalue weighted by molar-refractivity contribution is 0.106. The molecule has 2 atom stereocenters. The summed E-state index contributed by atoms with van der Waals surface area (Å²) in [6, 6.07) is 10.3. The SMILES string of the molecule is Cc1ccc(C2CC(NC3CCOC3C)C2)cc1. The summed E-state index contributed by atoms with van der Waals surface area (Å²) in [6.45, 7) is 5.25. The van der Waals surface area contributed by atoms with Gasteiger partial charge in [0.05, 0.1) is 6.10 Å². The number of rotatable bonds is 3. The summed E-state index contributed by atoms with van der Waals surface area (Å²) in [6.07, 6.45) is 4.13. The van der Waals surface area contributed by atoms with Gasteiger partial charge in [-0.1, -0.05) is 29.8 Å². The molecule has 2 nitrogen and oxygen atoms in total. The number of hydrogen-bond donors (Lipinski definition) is 1. The van der Waals surface area contributed by atoms with Crippen LogP contribution < -0.4 is 5.32 Å². The monoisotopic (exact) mass is 245 g/mol. The zero-order valence-electron chi connectivity index (χ0n) is 11.4. The zero-order valence-corrected chi connectivity index (χ0v) is 11.4. The standard InChI is InChI=1S/C16H23NO/c1-11-3-5-13(6-4-11)14-9-15(10-14)17-16-7-8-18-12(16)2/h3-6,12,14-17H,7-10H2,1-2H3. The van der Waals surface area contributed by atoms with Crippen molar-refractivity contribution in [2.24, 2.45) is 0 Å². The highest BCUT2D eigenvalue weighted by molar-refractivity contribution is 5.26. The van der Waals surface area contributed by atoms with Crippen LogP contribution in [0.2, 0.25) is 0 Å². The van der Waals surface area contributed by atoms with Gasteiger partial charge in [-0.15, -0.1) is 0 Å². The van der Waals surface area contributed by atoms with Crippen LogP contribution in [0.25, 0.3) is 0 Å². The Morgan fingerprint density at radius 3 is 2.50 bits per heavy atom. The van der Waals surface area contributed by atoms with Gasteiger partial charge in [-0.25, -0.2) is 0 Å². The highest BCUT2D eigenvalue weighted by Crippen LogP contribution is 2.37. The second kappa shape index (κ2) is 5.02. The molecule has 2 heteroatoms. The lowest BCUT2D eigenvalue weighted by Crippen LogP contribution is -2.47. The molecule has 0 radical (unpaired) electrons. The van der Waals surface area contributed by atoms with E-state index in [2.05, 4.69) is 43.4 Å². The fourth-order valence-electron chi connectivity index (χ4n) is 3.12. The van der Waals surface area contributed by atoms with E-state index in [1.54, 1.807) is 0 Å². The first-order valence-corrected chi connectivity index (χ1v) is 7.16. The van der Waals surface area contributed by atoms with Crippen LogP contribution in [-0.4, -0.2) is 24.8 Å². The molecule has 1 saturated heterocycles. The van der Waals surface area contributed by atoms with Gasteiger partial charge in [0.2, 0.25) is 0 Å². The molecule has 1 aromatic rings. The molecule has 0 amide bonds. The van der Waals surface area contributed by atoms with Gasteiger partial charge < -0.3 is 10.1 Å². The molecular formula is C16H23NO. The first kappa shape index (κ1) is 12.2. The van der Waals surface area contributed by atoms with Crippen LogP contribution in [0, 0.1) is 6.92 Å². The van der Waals surface area contributed by atoms with Crippen LogP contribution in [0.4, 0.5) is 0 Å². The van der Waals surface area contributed by atoms with Crippen LogP contribution in [-0.2, 0) is 4.74 Å². The van der Waals surface area contributed by atoms with Gasteiger partial charge in [0.1, 0.15) is 0 Å². The minimum atomic E-state index is 0.392. The third kappa shape index (κ3) is 2.45. The van der Waals surface area contributed by atoms with E-state index in [0.29, 0.717) is 18.2 Å². The summed E-state index contributed by atoms with van der Waals surface area (Å²) in [4.78, 5) is 0. The number of ether oxygens (including phenoxy) is 1. The number of benzene rings is 1. The first-order chi connectivity index (χ1) is 8.72. The molecule has 0 spiro atoms.